The van der Waals surface area contributed by atoms with E-state index in [1.165, 1.54) is 6.20 Å². The number of nitrogens with zero attached hydrogens (tertiary/aromatic N) is 3. The molecule has 0 amide bonds. The summed E-state index contributed by atoms with van der Waals surface area (Å²) in [5, 5.41) is 2.23. The standard InChI is InChI=1S/C9H9F3N4S2/c1-2-13-7(5-3-15-18-16-5)6-4-14-8(17-6)9(10,11)12/h3-4,7,13H,2H2,1H3. The summed E-state index contributed by atoms with van der Waals surface area (Å²) in [6, 6.07) is -0.387. The molecule has 0 radical (unpaired) electrons. The van der Waals surface area contributed by atoms with Crippen molar-refractivity contribution in [2.45, 2.75) is 19.1 Å². The normalized spacial score (nSPS) is 13.8. The van der Waals surface area contributed by atoms with Crippen LogP contribution in [0.1, 0.15) is 28.5 Å². The highest BCUT2D eigenvalue weighted by Gasteiger charge is 2.35. The van der Waals surface area contributed by atoms with E-state index in [2.05, 4.69) is 19.0 Å². The summed E-state index contributed by atoms with van der Waals surface area (Å²) in [6.07, 6.45) is -1.62. The molecule has 0 spiro atoms. The van der Waals surface area contributed by atoms with Crippen molar-refractivity contribution in [3.05, 3.63) is 28.0 Å². The zero-order chi connectivity index (χ0) is 13.2. The van der Waals surface area contributed by atoms with Crippen LogP contribution in [0.3, 0.4) is 0 Å². The molecule has 2 aromatic heterocycles. The molecule has 0 aliphatic rings. The van der Waals surface area contributed by atoms with Gasteiger partial charge in [-0.1, -0.05) is 6.92 Å². The fraction of sp³-hybridized carbons (Fsp3) is 0.444. The van der Waals surface area contributed by atoms with Crippen LogP contribution in [0, 0.1) is 0 Å². The SMILES string of the molecule is CCNC(c1cnsn1)c1cnc(C(F)(F)F)s1. The van der Waals surface area contributed by atoms with Crippen LogP contribution in [0.4, 0.5) is 13.2 Å². The highest BCUT2D eigenvalue weighted by molar-refractivity contribution is 7.11. The van der Waals surface area contributed by atoms with E-state index in [1.54, 1.807) is 6.20 Å². The Morgan fingerprint density at radius 1 is 1.39 bits per heavy atom. The number of hydrogen-bond acceptors (Lipinski definition) is 6. The van der Waals surface area contributed by atoms with E-state index in [1.807, 2.05) is 6.92 Å². The molecule has 0 saturated heterocycles. The van der Waals surface area contributed by atoms with E-state index in [4.69, 9.17) is 0 Å². The molecule has 9 heteroatoms. The third-order valence-corrected chi connectivity index (χ3v) is 3.73. The number of nitrogens with one attached hydrogen (secondary N) is 1. The first-order valence-electron chi connectivity index (χ1n) is 5.06. The van der Waals surface area contributed by atoms with E-state index >= 15 is 0 Å². The van der Waals surface area contributed by atoms with Gasteiger partial charge in [-0.2, -0.15) is 21.9 Å². The highest BCUT2D eigenvalue weighted by Crippen LogP contribution is 2.35. The molecule has 18 heavy (non-hydrogen) atoms. The second kappa shape index (κ2) is 5.29. The predicted molar refractivity (Wildman–Crippen MR) is 62.5 cm³/mol. The van der Waals surface area contributed by atoms with Crippen molar-refractivity contribution < 1.29 is 13.2 Å². The lowest BCUT2D eigenvalue weighted by Crippen LogP contribution is -2.21. The van der Waals surface area contributed by atoms with Gasteiger partial charge in [-0.3, -0.25) is 0 Å². The summed E-state index contributed by atoms with van der Waals surface area (Å²) in [4.78, 5) is 3.89. The zero-order valence-corrected chi connectivity index (χ0v) is 10.9. The number of rotatable bonds is 4. The Bertz CT molecular complexity index is 494. The van der Waals surface area contributed by atoms with E-state index < -0.39 is 11.2 Å². The topological polar surface area (TPSA) is 50.7 Å². The largest absolute Gasteiger partial charge is 0.443 e. The fourth-order valence-corrected chi connectivity index (χ4v) is 2.73. The second-order valence-corrected chi connectivity index (χ2v) is 5.01. The van der Waals surface area contributed by atoms with Gasteiger partial charge in [0.2, 0.25) is 0 Å². The number of halogens is 3. The minimum atomic E-state index is -4.40. The minimum Gasteiger partial charge on any atom is -0.304 e. The Balaban J connectivity index is 2.29. The van der Waals surface area contributed by atoms with E-state index in [0.717, 1.165) is 11.7 Å². The minimum absolute atomic E-state index is 0.387. The molecule has 4 nitrogen and oxygen atoms in total. The average molecular weight is 294 g/mol. The van der Waals surface area contributed by atoms with Crippen molar-refractivity contribution >= 4 is 23.1 Å². The summed E-state index contributed by atoms with van der Waals surface area (Å²) in [5.41, 5.74) is 0.610. The van der Waals surface area contributed by atoms with Gasteiger partial charge in [0.25, 0.3) is 0 Å². The maximum atomic E-state index is 12.5. The van der Waals surface area contributed by atoms with Gasteiger partial charge in [0.05, 0.1) is 29.7 Å². The molecule has 0 fully saturated rings. The molecule has 1 N–H and O–H groups in total. The first kappa shape index (κ1) is 13.4. The fourth-order valence-electron chi connectivity index (χ4n) is 1.41. The first-order valence-corrected chi connectivity index (χ1v) is 6.60. The van der Waals surface area contributed by atoms with Crippen LogP contribution in [-0.4, -0.2) is 20.3 Å². The van der Waals surface area contributed by atoms with Gasteiger partial charge < -0.3 is 5.32 Å². The van der Waals surface area contributed by atoms with Crippen molar-refractivity contribution in [3.8, 4) is 0 Å². The average Bonchev–Trinajstić information content (AvgIpc) is 2.96. The van der Waals surface area contributed by atoms with Gasteiger partial charge in [-0.25, -0.2) is 4.98 Å². The maximum Gasteiger partial charge on any atom is 0.443 e. The molecule has 2 aromatic rings. The number of aromatic nitrogens is 3. The summed E-state index contributed by atoms with van der Waals surface area (Å²) in [6.45, 7) is 2.49. The van der Waals surface area contributed by atoms with Gasteiger partial charge in [-0.05, 0) is 6.54 Å². The Kier molecular flexibility index (Phi) is 3.93. The summed E-state index contributed by atoms with van der Waals surface area (Å²) in [7, 11) is 0. The van der Waals surface area contributed by atoms with E-state index in [0.29, 0.717) is 28.5 Å². The molecule has 0 saturated carbocycles. The zero-order valence-electron chi connectivity index (χ0n) is 9.23. The lowest BCUT2D eigenvalue weighted by Gasteiger charge is -2.12. The smallest absolute Gasteiger partial charge is 0.304 e. The Labute approximate surface area is 109 Å². The van der Waals surface area contributed by atoms with Gasteiger partial charge in [0.1, 0.15) is 0 Å². The van der Waals surface area contributed by atoms with Crippen LogP contribution in [0.2, 0.25) is 0 Å². The maximum absolute atomic E-state index is 12.5. The molecular weight excluding hydrogens is 285 g/mol. The van der Waals surface area contributed by atoms with Crippen LogP contribution < -0.4 is 5.32 Å². The second-order valence-electron chi connectivity index (χ2n) is 3.39. The molecular formula is C9H9F3N4S2. The number of hydrogen-bond donors (Lipinski definition) is 1. The van der Waals surface area contributed by atoms with Crippen molar-refractivity contribution in [2.24, 2.45) is 0 Å². The number of alkyl halides is 3. The van der Waals surface area contributed by atoms with Crippen LogP contribution in [-0.2, 0) is 6.18 Å². The van der Waals surface area contributed by atoms with Gasteiger partial charge >= 0.3 is 6.18 Å². The Hall–Kier alpha value is -1.06. The van der Waals surface area contributed by atoms with Crippen molar-refractivity contribution in [1.82, 2.24) is 19.0 Å². The summed E-state index contributed by atoms with van der Waals surface area (Å²) >= 11 is 1.65. The molecule has 0 aliphatic heterocycles. The van der Waals surface area contributed by atoms with Gasteiger partial charge in [0, 0.05) is 11.1 Å². The van der Waals surface area contributed by atoms with Gasteiger partial charge in [-0.15, -0.1) is 11.3 Å². The summed E-state index contributed by atoms with van der Waals surface area (Å²) in [5.74, 6) is 0. The van der Waals surface area contributed by atoms with Crippen molar-refractivity contribution in [2.75, 3.05) is 6.54 Å². The lowest BCUT2D eigenvalue weighted by atomic mass is 10.2. The molecule has 0 aliphatic carbocycles. The van der Waals surface area contributed by atoms with Crippen LogP contribution >= 0.6 is 23.1 Å². The molecule has 0 bridgehead atoms. The lowest BCUT2D eigenvalue weighted by molar-refractivity contribution is -0.137. The van der Waals surface area contributed by atoms with E-state index in [9.17, 15) is 13.2 Å². The van der Waals surface area contributed by atoms with Crippen LogP contribution in [0.15, 0.2) is 12.4 Å². The summed E-state index contributed by atoms with van der Waals surface area (Å²) < 4.78 is 45.4. The highest BCUT2D eigenvalue weighted by atomic mass is 32.1. The van der Waals surface area contributed by atoms with Crippen LogP contribution in [0.25, 0.3) is 0 Å². The molecule has 2 rings (SSSR count). The predicted octanol–water partition coefficient (Wildman–Crippen LogP) is 2.71. The van der Waals surface area contributed by atoms with Gasteiger partial charge in [0.15, 0.2) is 5.01 Å². The molecule has 1 unspecified atom stereocenters. The molecule has 1 atom stereocenters. The quantitative estimate of drug-likeness (QED) is 0.942. The number of thiazole rings is 1. The van der Waals surface area contributed by atoms with Crippen LogP contribution in [0.5, 0.6) is 0 Å². The third kappa shape index (κ3) is 2.85. The van der Waals surface area contributed by atoms with E-state index in [-0.39, 0.29) is 6.04 Å². The monoisotopic (exact) mass is 294 g/mol. The first-order chi connectivity index (χ1) is 8.52. The molecule has 2 heterocycles. The Morgan fingerprint density at radius 2 is 2.17 bits per heavy atom. The van der Waals surface area contributed by atoms with Crippen molar-refractivity contribution in [1.29, 1.82) is 0 Å². The Morgan fingerprint density at radius 3 is 2.67 bits per heavy atom. The molecule has 98 valence electrons. The third-order valence-electron chi connectivity index (χ3n) is 2.13. The van der Waals surface area contributed by atoms with Crippen molar-refractivity contribution in [3.63, 3.8) is 0 Å². The molecule has 0 aromatic carbocycles.